The average Bonchev–Trinajstić information content (AvgIpc) is 2.24. The predicted molar refractivity (Wildman–Crippen MR) is 61.7 cm³/mol. The lowest BCUT2D eigenvalue weighted by Gasteiger charge is -2.16. The molecule has 0 aliphatic heterocycles. The quantitative estimate of drug-likeness (QED) is 0.317. The molecule has 0 fully saturated rings. The molecule has 0 saturated heterocycles. The van der Waals surface area contributed by atoms with Gasteiger partial charge in [0.15, 0.2) is 0 Å². The third-order valence-corrected chi connectivity index (χ3v) is 1.77. The fourth-order valence-electron chi connectivity index (χ4n) is 1.08. The summed E-state index contributed by atoms with van der Waals surface area (Å²) in [7, 11) is 0. The van der Waals surface area contributed by atoms with Crippen LogP contribution in [0.3, 0.4) is 0 Å². The number of esters is 3. The van der Waals surface area contributed by atoms with E-state index in [9.17, 15) is 24.0 Å². The van der Waals surface area contributed by atoms with Gasteiger partial charge in [0.2, 0.25) is 0 Å². The second kappa shape index (κ2) is 9.28. The Morgan fingerprint density at radius 2 is 1.43 bits per heavy atom. The maximum Gasteiger partial charge on any atom is 0.320 e. The molecule has 0 rings (SSSR count). The lowest BCUT2D eigenvalue weighted by atomic mass is 10.4. The lowest BCUT2D eigenvalue weighted by molar-refractivity contribution is -0.189. The van der Waals surface area contributed by atoms with Crippen LogP contribution in [0.4, 0.5) is 0 Å². The summed E-state index contributed by atoms with van der Waals surface area (Å²) in [5.41, 5.74) is 0. The Balaban J connectivity index is 4.27. The van der Waals surface area contributed by atoms with Crippen LogP contribution in [-0.4, -0.2) is 53.0 Å². The maximum atomic E-state index is 11.1. The van der Waals surface area contributed by atoms with Gasteiger partial charge in [-0.25, -0.2) is 0 Å². The summed E-state index contributed by atoms with van der Waals surface area (Å²) in [4.78, 5) is 53.3. The Kier molecular flexibility index (Phi) is 8.11. The minimum atomic E-state index is -1.42. The van der Waals surface area contributed by atoms with Crippen LogP contribution < -0.4 is 0 Å². The summed E-state index contributed by atoms with van der Waals surface area (Å²) in [6, 6.07) is 0. The monoisotopic (exact) mass is 306 g/mol. The van der Waals surface area contributed by atoms with Crippen molar-refractivity contribution in [3.8, 4) is 0 Å². The molecule has 118 valence electrons. The van der Waals surface area contributed by atoms with Crippen molar-refractivity contribution in [1.29, 1.82) is 0 Å². The van der Waals surface area contributed by atoms with Gasteiger partial charge in [-0.1, -0.05) is 0 Å². The van der Waals surface area contributed by atoms with E-state index in [1.807, 2.05) is 0 Å². The number of carboxylic acids is 2. The van der Waals surface area contributed by atoms with Crippen LogP contribution in [-0.2, 0) is 38.2 Å². The minimum Gasteiger partial charge on any atom is -0.481 e. The van der Waals surface area contributed by atoms with E-state index in [1.54, 1.807) is 0 Å². The van der Waals surface area contributed by atoms with Crippen molar-refractivity contribution >= 4 is 29.8 Å². The van der Waals surface area contributed by atoms with E-state index in [4.69, 9.17) is 10.2 Å². The van der Waals surface area contributed by atoms with Gasteiger partial charge in [0.1, 0.15) is 12.8 Å². The molecule has 0 bridgehead atoms. The zero-order valence-electron chi connectivity index (χ0n) is 11.1. The number of hydrogen-bond donors (Lipinski definition) is 2. The topological polar surface area (TPSA) is 154 Å². The third-order valence-electron chi connectivity index (χ3n) is 1.77. The van der Waals surface area contributed by atoms with Gasteiger partial charge < -0.3 is 24.4 Å². The summed E-state index contributed by atoms with van der Waals surface area (Å²) >= 11 is 0. The smallest absolute Gasteiger partial charge is 0.320 e. The maximum absolute atomic E-state index is 11.1. The molecule has 1 unspecified atom stereocenters. The summed E-state index contributed by atoms with van der Waals surface area (Å²) < 4.78 is 13.7. The van der Waals surface area contributed by atoms with Gasteiger partial charge in [-0.3, -0.25) is 24.0 Å². The van der Waals surface area contributed by atoms with Crippen molar-refractivity contribution in [1.82, 2.24) is 0 Å². The normalized spacial score (nSPS) is 11.1. The number of carboxylic acid groups (broad SMARTS) is 2. The second-order valence-electron chi connectivity index (χ2n) is 3.68. The van der Waals surface area contributed by atoms with E-state index in [0.29, 0.717) is 0 Å². The van der Waals surface area contributed by atoms with E-state index >= 15 is 0 Å². The lowest BCUT2D eigenvalue weighted by Crippen LogP contribution is -2.26. The second-order valence-corrected chi connectivity index (χ2v) is 3.68. The fraction of sp³-hybridized carbons (Fsp3) is 0.545. The molecule has 0 spiro atoms. The number of ether oxygens (including phenoxy) is 3. The van der Waals surface area contributed by atoms with Crippen LogP contribution in [0.1, 0.15) is 26.2 Å². The van der Waals surface area contributed by atoms with Crippen molar-refractivity contribution < 1.29 is 48.4 Å². The number of rotatable bonds is 9. The van der Waals surface area contributed by atoms with Crippen molar-refractivity contribution in [3.63, 3.8) is 0 Å². The highest BCUT2D eigenvalue weighted by Crippen LogP contribution is 2.05. The van der Waals surface area contributed by atoms with Crippen LogP contribution in [0, 0.1) is 0 Å². The molecule has 1 atom stereocenters. The first-order valence-electron chi connectivity index (χ1n) is 5.66. The van der Waals surface area contributed by atoms with E-state index in [0.717, 1.165) is 6.92 Å². The van der Waals surface area contributed by atoms with Crippen LogP contribution >= 0.6 is 0 Å². The van der Waals surface area contributed by atoms with Gasteiger partial charge in [-0.15, -0.1) is 0 Å². The summed E-state index contributed by atoms with van der Waals surface area (Å²) in [5, 5.41) is 16.7. The van der Waals surface area contributed by atoms with Gasteiger partial charge in [0.05, 0.1) is 13.0 Å². The van der Waals surface area contributed by atoms with Gasteiger partial charge in [-0.2, -0.15) is 0 Å². The number of carbonyl (C=O) groups is 5. The molecule has 0 aliphatic rings. The molecule has 0 aromatic rings. The molecule has 0 aromatic carbocycles. The predicted octanol–water partition coefficient (Wildman–Crippen LogP) is -0.698. The Morgan fingerprint density at radius 3 is 1.90 bits per heavy atom. The Hall–Kier alpha value is -2.65. The zero-order chi connectivity index (χ0) is 16.4. The highest BCUT2D eigenvalue weighted by atomic mass is 16.7. The average molecular weight is 306 g/mol. The number of carbonyl (C=O) groups excluding carboxylic acids is 3. The zero-order valence-corrected chi connectivity index (χ0v) is 11.1. The van der Waals surface area contributed by atoms with Gasteiger partial charge in [0.25, 0.3) is 6.29 Å². The fourth-order valence-corrected chi connectivity index (χ4v) is 1.08. The van der Waals surface area contributed by atoms with Crippen molar-refractivity contribution in [2.45, 2.75) is 32.5 Å². The van der Waals surface area contributed by atoms with E-state index in [-0.39, 0.29) is 13.0 Å². The van der Waals surface area contributed by atoms with Crippen molar-refractivity contribution in [3.05, 3.63) is 0 Å². The molecular weight excluding hydrogens is 292 g/mol. The number of aliphatic carboxylic acids is 2. The SMILES string of the molecule is CC(=O)OC(CCOC(=O)CC(=O)O)OC(=O)CC(=O)O. The largest absolute Gasteiger partial charge is 0.481 e. The summed E-state index contributed by atoms with van der Waals surface area (Å²) in [6.07, 6.45) is -3.43. The molecule has 0 radical (unpaired) electrons. The van der Waals surface area contributed by atoms with Crippen molar-refractivity contribution in [2.24, 2.45) is 0 Å². The van der Waals surface area contributed by atoms with Crippen LogP contribution in [0.2, 0.25) is 0 Å². The van der Waals surface area contributed by atoms with Gasteiger partial charge in [0, 0.05) is 6.92 Å². The van der Waals surface area contributed by atoms with Crippen LogP contribution in [0.25, 0.3) is 0 Å². The molecule has 10 nitrogen and oxygen atoms in total. The van der Waals surface area contributed by atoms with Crippen LogP contribution in [0.15, 0.2) is 0 Å². The molecule has 0 aliphatic carbocycles. The highest BCUT2D eigenvalue weighted by molar-refractivity contribution is 5.90. The first-order valence-corrected chi connectivity index (χ1v) is 5.66. The standard InChI is InChI=1S/C11H14O10/c1-6(12)20-11(21-10(18)5-8(15)16)2-3-19-9(17)4-7(13)14/h11H,2-5H2,1H3,(H,13,14)(H,15,16). The molecule has 0 saturated carbocycles. The van der Waals surface area contributed by atoms with E-state index in [2.05, 4.69) is 14.2 Å². The first kappa shape index (κ1) is 18.4. The van der Waals surface area contributed by atoms with Crippen molar-refractivity contribution in [2.75, 3.05) is 6.61 Å². The molecule has 21 heavy (non-hydrogen) atoms. The Morgan fingerprint density at radius 1 is 0.905 bits per heavy atom. The first-order chi connectivity index (χ1) is 9.70. The van der Waals surface area contributed by atoms with E-state index in [1.165, 1.54) is 0 Å². The Labute approximate surface area is 118 Å². The molecule has 0 aromatic heterocycles. The molecule has 2 N–H and O–H groups in total. The molecule has 10 heteroatoms. The minimum absolute atomic E-state index is 0.254. The van der Waals surface area contributed by atoms with Gasteiger partial charge >= 0.3 is 29.8 Å². The molecule has 0 amide bonds. The van der Waals surface area contributed by atoms with E-state index < -0.39 is 49.0 Å². The van der Waals surface area contributed by atoms with Gasteiger partial charge in [-0.05, 0) is 0 Å². The molecular formula is C11H14O10. The molecule has 0 heterocycles. The number of hydrogen-bond acceptors (Lipinski definition) is 8. The highest BCUT2D eigenvalue weighted by Gasteiger charge is 2.20. The Bertz CT molecular complexity index is 427. The summed E-state index contributed by atoms with van der Waals surface area (Å²) in [6.45, 7) is 0.666. The third kappa shape index (κ3) is 10.9. The van der Waals surface area contributed by atoms with Crippen LogP contribution in [0.5, 0.6) is 0 Å². The summed E-state index contributed by atoms with van der Waals surface area (Å²) in [5.74, 6) is -5.73.